The number of nitriles is 2. The molecule has 0 radical (unpaired) electrons. The molecule has 0 bridgehead atoms. The molecule has 4 rings (SSSR count). The first kappa shape index (κ1) is 48.7. The van der Waals surface area contributed by atoms with E-state index in [-0.39, 0.29) is 49.3 Å². The largest absolute Gasteiger partial charge is 0.493 e. The zero-order valence-electron chi connectivity index (χ0n) is 34.0. The smallest absolute Gasteiger partial charge is 0.329 e. The van der Waals surface area contributed by atoms with Gasteiger partial charge in [-0.3, -0.25) is 0 Å². The molecule has 0 spiro atoms. The number of aromatic nitrogens is 3. The first-order chi connectivity index (χ1) is 27.5. The fourth-order valence-corrected chi connectivity index (χ4v) is 7.22. The lowest BCUT2D eigenvalue weighted by molar-refractivity contribution is 0.00717. The van der Waals surface area contributed by atoms with Crippen molar-refractivity contribution in [3.05, 3.63) is 53.7 Å². The zero-order valence-corrected chi connectivity index (χ0v) is 34.9. The van der Waals surface area contributed by atoms with E-state index in [4.69, 9.17) is 34.3 Å². The van der Waals surface area contributed by atoms with Gasteiger partial charge in [-0.25, -0.2) is 19.2 Å². The molecule has 0 amide bonds. The van der Waals surface area contributed by atoms with Crippen LogP contribution < -0.4 is 10.5 Å². The van der Waals surface area contributed by atoms with Gasteiger partial charge < -0.3 is 33.9 Å². The van der Waals surface area contributed by atoms with E-state index in [0.29, 0.717) is 19.0 Å². The molecule has 3 heterocycles. The number of anilines is 1. The molecule has 0 saturated carbocycles. The van der Waals surface area contributed by atoms with E-state index in [9.17, 15) is 14.5 Å². The maximum atomic E-state index is 14.0. The summed E-state index contributed by atoms with van der Waals surface area (Å²) in [5.74, 6) is -0.138. The van der Waals surface area contributed by atoms with E-state index < -0.39 is 14.4 Å². The third kappa shape index (κ3) is 19.1. The summed E-state index contributed by atoms with van der Waals surface area (Å²) in [7, 11) is -2.18. The number of rotatable bonds is 28. The highest BCUT2D eigenvalue weighted by atomic mass is 31.2. The van der Waals surface area contributed by atoms with Gasteiger partial charge >= 0.3 is 8.60 Å². The number of nitrogens with zero attached hydrogens (tertiary/aromatic N) is 5. The number of hydrogen-bond acceptors (Lipinski definition) is 11. The number of hydrogen-bond donors (Lipinski definition) is 2. The van der Waals surface area contributed by atoms with Crippen molar-refractivity contribution in [2.45, 2.75) is 142 Å². The van der Waals surface area contributed by atoms with Crippen molar-refractivity contribution in [1.29, 1.82) is 10.5 Å². The summed E-state index contributed by atoms with van der Waals surface area (Å²) < 4.78 is 45.1. The van der Waals surface area contributed by atoms with Crippen LogP contribution in [0.15, 0.2) is 36.7 Å². The van der Waals surface area contributed by atoms with Gasteiger partial charge in [-0.15, -0.1) is 0 Å². The van der Waals surface area contributed by atoms with E-state index in [1.807, 2.05) is 32.0 Å². The van der Waals surface area contributed by atoms with Gasteiger partial charge in [-0.2, -0.15) is 10.4 Å². The number of benzene rings is 1. The zero-order chi connectivity index (χ0) is 40.8. The minimum Gasteiger partial charge on any atom is -0.493 e. The van der Waals surface area contributed by atoms with Gasteiger partial charge in [0.05, 0.1) is 49.9 Å². The fourth-order valence-electron chi connectivity index (χ4n) is 6.51. The number of nitrogen functional groups attached to an aromatic ring is 1. The molecule has 4 atom stereocenters. The maximum absolute atomic E-state index is 14.0. The standard InChI is InChI=1S/C39H59FN5O6P.C2H6.CHN/c1-2-3-4-5-6-7-8-9-10-11-12-13-14-15-16-21-47-26-32(27-48-35-23-31(25-41)22-33(40)24-35)28-49-52(46)50-29-34-17-20-38(51-34)36-18-19-37-39(42)43-30-44-45(36)37;2*1-2/h18-19,22-24,30,32,34,38,46H,2-17,20-21,26-29H2,1H3,(H2,42,43,44);1-2H3;1H. The van der Waals surface area contributed by atoms with E-state index in [2.05, 4.69) is 23.6 Å². The second-order valence-corrected chi connectivity index (χ2v) is 14.8. The number of ether oxygens (including phenoxy) is 3. The lowest BCUT2D eigenvalue weighted by Crippen LogP contribution is -2.23. The molecule has 2 aromatic heterocycles. The lowest BCUT2D eigenvalue weighted by Gasteiger charge is -2.20. The van der Waals surface area contributed by atoms with Gasteiger partial charge in [0, 0.05) is 25.2 Å². The number of nitrogens with two attached hydrogens (primary N) is 1. The summed E-state index contributed by atoms with van der Waals surface area (Å²) in [6, 6.07) is 9.65. The van der Waals surface area contributed by atoms with Crippen LogP contribution in [0.3, 0.4) is 0 Å². The molecule has 14 heteroatoms. The van der Waals surface area contributed by atoms with Crippen molar-refractivity contribution in [2.75, 3.05) is 38.8 Å². The molecule has 3 N–H and O–H groups in total. The Morgan fingerprint density at radius 3 is 2.21 bits per heavy atom. The molecule has 3 aromatic rings. The van der Waals surface area contributed by atoms with Gasteiger partial charge in [-0.1, -0.05) is 111 Å². The molecule has 312 valence electrons. The van der Waals surface area contributed by atoms with Crippen LogP contribution in [0, 0.1) is 34.9 Å². The van der Waals surface area contributed by atoms with Gasteiger partial charge in [0.25, 0.3) is 0 Å². The molecule has 0 aliphatic carbocycles. The molecular formula is C42H66FN6O6P. The predicted molar refractivity (Wildman–Crippen MR) is 219 cm³/mol. The third-order valence-corrected chi connectivity index (χ3v) is 10.2. The highest BCUT2D eigenvalue weighted by Gasteiger charge is 2.30. The molecule has 1 aliphatic rings. The van der Waals surface area contributed by atoms with Gasteiger partial charge in [-0.05, 0) is 43.5 Å². The van der Waals surface area contributed by atoms with E-state index >= 15 is 0 Å². The first-order valence-electron chi connectivity index (χ1n) is 20.6. The lowest BCUT2D eigenvalue weighted by atomic mass is 10.0. The molecule has 4 unspecified atom stereocenters. The van der Waals surface area contributed by atoms with Gasteiger partial charge in [0.1, 0.15) is 29.5 Å². The van der Waals surface area contributed by atoms with Gasteiger partial charge in [0.15, 0.2) is 5.82 Å². The van der Waals surface area contributed by atoms with Crippen LogP contribution in [-0.2, 0) is 18.5 Å². The Labute approximate surface area is 335 Å². The minimum absolute atomic E-state index is 0.118. The van der Waals surface area contributed by atoms with E-state index in [0.717, 1.165) is 43.0 Å². The summed E-state index contributed by atoms with van der Waals surface area (Å²) in [4.78, 5) is 14.6. The van der Waals surface area contributed by atoms with Crippen LogP contribution in [0.25, 0.3) is 5.52 Å². The molecule has 1 fully saturated rings. The average Bonchev–Trinajstić information content (AvgIpc) is 3.88. The van der Waals surface area contributed by atoms with Crippen LogP contribution in [0.2, 0.25) is 0 Å². The second-order valence-electron chi connectivity index (χ2n) is 13.8. The Morgan fingerprint density at radius 2 is 1.57 bits per heavy atom. The number of halogens is 1. The average molecular weight is 801 g/mol. The molecule has 12 nitrogen and oxygen atoms in total. The Hall–Kier alpha value is -3.42. The quantitative estimate of drug-likeness (QED) is 0.0529. The van der Waals surface area contributed by atoms with Crippen LogP contribution >= 0.6 is 8.60 Å². The normalized spacial score (nSPS) is 16.0. The fraction of sp³-hybridized carbons (Fsp3) is 0.667. The maximum Gasteiger partial charge on any atom is 0.329 e. The van der Waals surface area contributed by atoms with E-state index in [1.165, 1.54) is 102 Å². The molecule has 1 aromatic carbocycles. The van der Waals surface area contributed by atoms with Crippen LogP contribution in [-0.4, -0.2) is 58.6 Å². The number of fused-ring (bicyclic) bond motifs is 1. The summed E-state index contributed by atoms with van der Waals surface area (Å²) in [6.45, 7) is 11.2. The summed E-state index contributed by atoms with van der Waals surface area (Å²) in [6.07, 6.45) is 22.1. The van der Waals surface area contributed by atoms with Crippen molar-refractivity contribution in [1.82, 2.24) is 14.6 Å². The van der Waals surface area contributed by atoms with Crippen molar-refractivity contribution in [3.63, 3.8) is 0 Å². The minimum atomic E-state index is -2.18. The third-order valence-electron chi connectivity index (χ3n) is 9.47. The predicted octanol–water partition coefficient (Wildman–Crippen LogP) is 10.5. The highest BCUT2D eigenvalue weighted by Crippen LogP contribution is 2.38. The highest BCUT2D eigenvalue weighted by molar-refractivity contribution is 7.40. The summed E-state index contributed by atoms with van der Waals surface area (Å²) >= 11 is 0. The van der Waals surface area contributed by atoms with Crippen LogP contribution in [0.5, 0.6) is 5.75 Å². The Kier molecular flexibility index (Phi) is 26.7. The van der Waals surface area contributed by atoms with Crippen molar-refractivity contribution in [3.8, 4) is 18.4 Å². The molecular weight excluding hydrogens is 734 g/mol. The Bertz CT molecular complexity index is 1520. The van der Waals surface area contributed by atoms with Crippen molar-refractivity contribution < 1.29 is 32.5 Å². The van der Waals surface area contributed by atoms with Gasteiger partial charge in [0.2, 0.25) is 0 Å². The summed E-state index contributed by atoms with van der Waals surface area (Å²) in [5, 5.41) is 20.0. The van der Waals surface area contributed by atoms with E-state index in [1.54, 1.807) is 4.52 Å². The van der Waals surface area contributed by atoms with Crippen molar-refractivity contribution in [2.24, 2.45) is 5.92 Å². The molecule has 56 heavy (non-hydrogen) atoms. The summed E-state index contributed by atoms with van der Waals surface area (Å²) in [5.41, 5.74) is 7.77. The molecule has 1 aliphatic heterocycles. The number of unbranched alkanes of at least 4 members (excludes halogenated alkanes) is 14. The topological polar surface area (TPSA) is 170 Å². The Morgan fingerprint density at radius 1 is 0.929 bits per heavy atom. The van der Waals surface area contributed by atoms with Crippen LogP contribution in [0.1, 0.15) is 147 Å². The van der Waals surface area contributed by atoms with Crippen LogP contribution in [0.4, 0.5) is 10.2 Å². The monoisotopic (exact) mass is 800 g/mol. The SMILES string of the molecule is C#N.CC.CCCCCCCCCCCCCCCCCOCC(COc1cc(F)cc(C#N)c1)COP(O)OCC1CCC(c2ccc3c(N)ncnn23)O1. The molecule has 1 saturated heterocycles. The first-order valence-corrected chi connectivity index (χ1v) is 21.7. The second kappa shape index (κ2) is 30.7. The Balaban J connectivity index is 0.00000262. The van der Waals surface area contributed by atoms with Crippen molar-refractivity contribution >= 4 is 19.9 Å².